The highest BCUT2D eigenvalue weighted by Crippen LogP contribution is 2.49. The summed E-state index contributed by atoms with van der Waals surface area (Å²) >= 11 is 11.3. The van der Waals surface area contributed by atoms with Gasteiger partial charge in [0.15, 0.2) is 12.4 Å². The van der Waals surface area contributed by atoms with Crippen LogP contribution in [0.25, 0.3) is 0 Å². The summed E-state index contributed by atoms with van der Waals surface area (Å²) in [5, 5.41) is 13.7. The number of halogens is 4. The molecule has 1 amide bonds. The molecule has 0 aliphatic heterocycles. The number of rotatable bonds is 9. The van der Waals surface area contributed by atoms with Crippen molar-refractivity contribution in [2.24, 2.45) is 11.8 Å². The van der Waals surface area contributed by atoms with Gasteiger partial charge in [0.05, 0.1) is 16.1 Å². The van der Waals surface area contributed by atoms with Gasteiger partial charge >= 0.3 is 0 Å². The summed E-state index contributed by atoms with van der Waals surface area (Å²) in [5.41, 5.74) is -0.563. The summed E-state index contributed by atoms with van der Waals surface area (Å²) < 4.78 is 37.8. The van der Waals surface area contributed by atoms with E-state index in [1.807, 2.05) is 0 Å². The molecule has 188 valence electrons. The molecule has 2 aliphatic rings. The first kappa shape index (κ1) is 25.7. The molecule has 6 nitrogen and oxygen atoms in total. The van der Waals surface area contributed by atoms with E-state index in [1.165, 1.54) is 24.3 Å². The lowest BCUT2D eigenvalue weighted by atomic mass is 9.72. The molecule has 2 aromatic carbocycles. The van der Waals surface area contributed by atoms with Crippen LogP contribution in [0, 0.1) is 23.5 Å². The Bertz CT molecular complexity index is 1120. The smallest absolute Gasteiger partial charge is 0.258 e. The standard InChI is InChI=1S/C25H25Cl2F2NO5/c26-19-3-1-16(8-21(19)28)34-12-15(31)7-18-14-5-6-25(10-14,11-23(18)32)30-24(33)13-35-17-2-4-20(27)22(29)9-17/h1-4,8-9,14,18,23,32H,5-7,10-13H2,(H,30,33)/t14-,18-,23+,25-/m1/s1. The quantitative estimate of drug-likeness (QED) is 0.492. The minimum absolute atomic E-state index is 0.0312. The molecule has 35 heavy (non-hydrogen) atoms. The van der Waals surface area contributed by atoms with Crippen molar-refractivity contribution in [2.75, 3.05) is 13.2 Å². The maximum absolute atomic E-state index is 13.5. The van der Waals surface area contributed by atoms with Crippen LogP contribution in [0.15, 0.2) is 36.4 Å². The van der Waals surface area contributed by atoms with E-state index in [4.69, 9.17) is 32.7 Å². The van der Waals surface area contributed by atoms with Crippen molar-refractivity contribution in [3.8, 4) is 11.5 Å². The molecule has 2 aromatic rings. The van der Waals surface area contributed by atoms with Gasteiger partial charge in [-0.2, -0.15) is 0 Å². The zero-order chi connectivity index (χ0) is 25.2. The lowest BCUT2D eigenvalue weighted by molar-refractivity contribution is -0.128. The Hall–Kier alpha value is -2.42. The van der Waals surface area contributed by atoms with E-state index >= 15 is 0 Å². The second-order valence-electron chi connectivity index (χ2n) is 9.24. The molecular weight excluding hydrogens is 503 g/mol. The van der Waals surface area contributed by atoms with Gasteiger partial charge in [-0.25, -0.2) is 8.78 Å². The van der Waals surface area contributed by atoms with Gasteiger partial charge < -0.3 is 19.9 Å². The third-order valence-electron chi connectivity index (χ3n) is 6.77. The fourth-order valence-electron chi connectivity index (χ4n) is 5.15. The molecule has 4 atom stereocenters. The van der Waals surface area contributed by atoms with Gasteiger partial charge in [0.1, 0.15) is 29.7 Å². The fraction of sp³-hybridized carbons (Fsp3) is 0.440. The number of Topliss-reactive ketones (excluding diaryl/α,β-unsaturated/α-hetero) is 1. The Labute approximate surface area is 211 Å². The molecule has 0 saturated heterocycles. The number of nitrogens with one attached hydrogen (secondary N) is 1. The monoisotopic (exact) mass is 527 g/mol. The van der Waals surface area contributed by atoms with Crippen LogP contribution >= 0.6 is 23.2 Å². The first-order valence-electron chi connectivity index (χ1n) is 11.3. The van der Waals surface area contributed by atoms with Gasteiger partial charge in [-0.3, -0.25) is 9.59 Å². The number of carbonyl (C=O) groups is 2. The number of carbonyl (C=O) groups excluding carboxylic acids is 2. The number of benzene rings is 2. The van der Waals surface area contributed by atoms with Crippen molar-refractivity contribution < 1.29 is 33.0 Å². The van der Waals surface area contributed by atoms with Crippen molar-refractivity contribution in [2.45, 2.75) is 43.7 Å². The van der Waals surface area contributed by atoms with Crippen LogP contribution < -0.4 is 14.8 Å². The van der Waals surface area contributed by atoms with Crippen LogP contribution in [0.5, 0.6) is 11.5 Å². The highest BCUT2D eigenvalue weighted by Gasteiger charge is 2.51. The van der Waals surface area contributed by atoms with Gasteiger partial charge in [0.2, 0.25) is 0 Å². The molecule has 2 saturated carbocycles. The number of hydrogen-bond acceptors (Lipinski definition) is 5. The van der Waals surface area contributed by atoms with E-state index in [1.54, 1.807) is 0 Å². The number of aliphatic hydroxyl groups excluding tert-OH is 1. The molecule has 2 aliphatic carbocycles. The van der Waals surface area contributed by atoms with E-state index in [0.717, 1.165) is 18.6 Å². The topological polar surface area (TPSA) is 84.9 Å². The van der Waals surface area contributed by atoms with Crippen molar-refractivity contribution in [1.29, 1.82) is 0 Å². The average Bonchev–Trinajstić information content (AvgIpc) is 3.16. The Balaban J connectivity index is 1.27. The van der Waals surface area contributed by atoms with Crippen molar-refractivity contribution in [1.82, 2.24) is 5.32 Å². The highest BCUT2D eigenvalue weighted by atomic mass is 35.5. The van der Waals surface area contributed by atoms with Crippen LogP contribution in [0.2, 0.25) is 10.0 Å². The SMILES string of the molecule is O=C(COc1ccc(Cl)c(F)c1)C[C@@H]1[C@@H]2CC[C@@](NC(=O)COc3ccc(Cl)c(F)c3)(C2)C[C@@H]1O. The summed E-state index contributed by atoms with van der Waals surface area (Å²) in [5.74, 6) is -1.61. The maximum Gasteiger partial charge on any atom is 0.258 e. The van der Waals surface area contributed by atoms with Gasteiger partial charge in [-0.1, -0.05) is 23.2 Å². The number of ketones is 1. The molecule has 0 radical (unpaired) electrons. The van der Waals surface area contributed by atoms with Crippen LogP contribution in [0.4, 0.5) is 8.78 Å². The van der Waals surface area contributed by atoms with Gasteiger partial charge in [0.25, 0.3) is 5.91 Å². The Morgan fingerprint density at radius 1 is 1.00 bits per heavy atom. The molecule has 0 heterocycles. The number of fused-ring (bicyclic) bond motifs is 2. The minimum Gasteiger partial charge on any atom is -0.486 e. The summed E-state index contributed by atoms with van der Waals surface area (Å²) in [6, 6.07) is 7.89. The van der Waals surface area contributed by atoms with Crippen molar-refractivity contribution in [3.63, 3.8) is 0 Å². The van der Waals surface area contributed by atoms with Crippen LogP contribution in [-0.2, 0) is 9.59 Å². The Morgan fingerprint density at radius 3 is 2.20 bits per heavy atom. The van der Waals surface area contributed by atoms with Gasteiger partial charge in [-0.15, -0.1) is 0 Å². The number of aliphatic hydroxyl groups is 1. The summed E-state index contributed by atoms with van der Waals surface area (Å²) in [6.07, 6.45) is 1.79. The molecule has 0 aromatic heterocycles. The van der Waals surface area contributed by atoms with E-state index in [0.29, 0.717) is 19.3 Å². The molecule has 2 fully saturated rings. The van der Waals surface area contributed by atoms with Crippen LogP contribution in [0.3, 0.4) is 0 Å². The van der Waals surface area contributed by atoms with Gasteiger partial charge in [-0.05, 0) is 61.8 Å². The number of hydrogen-bond donors (Lipinski definition) is 2. The van der Waals surface area contributed by atoms with Crippen LogP contribution in [-0.4, -0.2) is 41.7 Å². The van der Waals surface area contributed by atoms with Gasteiger partial charge in [0, 0.05) is 24.1 Å². The lowest BCUT2D eigenvalue weighted by Crippen LogP contribution is -2.54. The maximum atomic E-state index is 13.5. The van der Waals surface area contributed by atoms with E-state index in [2.05, 4.69) is 5.32 Å². The normalized spacial score (nSPS) is 25.2. The third kappa shape index (κ3) is 6.23. The average molecular weight is 528 g/mol. The first-order valence-corrected chi connectivity index (χ1v) is 12.1. The predicted octanol–water partition coefficient (Wildman–Crippen LogP) is 4.72. The molecule has 0 spiro atoms. The van der Waals surface area contributed by atoms with Crippen molar-refractivity contribution in [3.05, 3.63) is 58.1 Å². The van der Waals surface area contributed by atoms with E-state index in [9.17, 15) is 23.5 Å². The molecule has 10 heteroatoms. The lowest BCUT2D eigenvalue weighted by Gasteiger charge is -2.41. The van der Waals surface area contributed by atoms with E-state index < -0.39 is 23.3 Å². The fourth-order valence-corrected chi connectivity index (χ4v) is 5.39. The molecule has 2 N–H and O–H groups in total. The minimum atomic E-state index is -0.764. The highest BCUT2D eigenvalue weighted by molar-refractivity contribution is 6.31. The molecular formula is C25H25Cl2F2NO5. The first-order chi connectivity index (χ1) is 16.6. The Morgan fingerprint density at radius 2 is 1.60 bits per heavy atom. The van der Waals surface area contributed by atoms with E-state index in [-0.39, 0.29) is 64.7 Å². The Kier molecular flexibility index (Phi) is 7.83. The summed E-state index contributed by atoms with van der Waals surface area (Å²) in [7, 11) is 0. The number of amides is 1. The van der Waals surface area contributed by atoms with Crippen LogP contribution in [0.1, 0.15) is 32.1 Å². The molecule has 0 unspecified atom stereocenters. The summed E-state index contributed by atoms with van der Waals surface area (Å²) in [6.45, 7) is -0.532. The van der Waals surface area contributed by atoms with Crippen molar-refractivity contribution >= 4 is 34.9 Å². The number of ether oxygens (including phenoxy) is 2. The molecule has 2 bridgehead atoms. The summed E-state index contributed by atoms with van der Waals surface area (Å²) in [4.78, 5) is 25.0. The second kappa shape index (κ2) is 10.7. The molecule has 4 rings (SSSR count). The second-order valence-corrected chi connectivity index (χ2v) is 10.1. The predicted molar refractivity (Wildman–Crippen MR) is 126 cm³/mol. The zero-order valence-electron chi connectivity index (χ0n) is 18.7. The zero-order valence-corrected chi connectivity index (χ0v) is 20.2. The third-order valence-corrected chi connectivity index (χ3v) is 7.38. The largest absolute Gasteiger partial charge is 0.486 e.